The van der Waals surface area contributed by atoms with Crippen LogP contribution in [0, 0.1) is 0 Å². The fraction of sp³-hybridized carbons (Fsp3) is 0.242. The lowest BCUT2D eigenvalue weighted by Gasteiger charge is -2.25. The lowest BCUT2D eigenvalue weighted by atomic mass is 9.96. The van der Waals surface area contributed by atoms with E-state index < -0.39 is 12.0 Å². The van der Waals surface area contributed by atoms with Crippen molar-refractivity contribution in [1.82, 2.24) is 4.57 Å². The van der Waals surface area contributed by atoms with Crippen molar-refractivity contribution < 1.29 is 19.0 Å². The number of aromatic nitrogens is 1. The van der Waals surface area contributed by atoms with Crippen LogP contribution in [0.25, 0.3) is 6.08 Å². The summed E-state index contributed by atoms with van der Waals surface area (Å²) >= 11 is 1.28. The highest BCUT2D eigenvalue weighted by Gasteiger charge is 2.33. The normalized spacial score (nSPS) is 15.0. The van der Waals surface area contributed by atoms with Crippen LogP contribution in [0.5, 0.6) is 11.5 Å². The van der Waals surface area contributed by atoms with Gasteiger partial charge in [0.25, 0.3) is 5.56 Å². The minimum atomic E-state index is -0.695. The number of para-hydroxylation sites is 1. The molecule has 2 heterocycles. The van der Waals surface area contributed by atoms with Gasteiger partial charge in [-0.05, 0) is 63.1 Å². The predicted molar refractivity (Wildman–Crippen MR) is 160 cm³/mol. The molecule has 0 saturated heterocycles. The smallest absolute Gasteiger partial charge is 0.338 e. The van der Waals surface area contributed by atoms with Gasteiger partial charge in [0.2, 0.25) is 0 Å². The van der Waals surface area contributed by atoms with Gasteiger partial charge in [-0.1, -0.05) is 72.0 Å². The molecule has 0 saturated carbocycles. The van der Waals surface area contributed by atoms with E-state index >= 15 is 0 Å². The van der Waals surface area contributed by atoms with E-state index in [2.05, 4.69) is 4.99 Å². The maximum absolute atomic E-state index is 14.0. The standard InChI is InChI=1S/C33H32N2O5S/c1-5-38-26-17-15-24(16-18-26)30-29(32(37)40-21(2)3)22(4)34-33-35(30)31(36)28(41-33)19-25-13-9-10-14-27(25)39-20-23-11-7-6-8-12-23/h6-19,21,30H,5,20H2,1-4H3/b28-19+/t30-/m0/s1. The van der Waals surface area contributed by atoms with Gasteiger partial charge in [-0.3, -0.25) is 9.36 Å². The van der Waals surface area contributed by atoms with Gasteiger partial charge in [0.1, 0.15) is 18.1 Å². The van der Waals surface area contributed by atoms with Crippen LogP contribution >= 0.6 is 11.3 Å². The number of hydrogen-bond donors (Lipinski definition) is 0. The molecule has 1 atom stereocenters. The van der Waals surface area contributed by atoms with Gasteiger partial charge in [0.05, 0.1) is 34.6 Å². The van der Waals surface area contributed by atoms with Crippen LogP contribution in [0.1, 0.15) is 50.4 Å². The molecule has 4 aromatic rings. The molecule has 1 aliphatic rings. The quantitative estimate of drug-likeness (QED) is 0.261. The maximum atomic E-state index is 14.0. The molecule has 0 aliphatic carbocycles. The number of allylic oxidation sites excluding steroid dienone is 1. The van der Waals surface area contributed by atoms with E-state index in [4.69, 9.17) is 14.2 Å². The lowest BCUT2D eigenvalue weighted by molar-refractivity contribution is -0.143. The van der Waals surface area contributed by atoms with Gasteiger partial charge in [-0.15, -0.1) is 0 Å². The molecule has 0 radical (unpaired) electrons. The van der Waals surface area contributed by atoms with Crippen molar-refractivity contribution in [2.75, 3.05) is 6.61 Å². The third-order valence-electron chi connectivity index (χ3n) is 6.53. The summed E-state index contributed by atoms with van der Waals surface area (Å²) < 4.78 is 19.4. The Balaban J connectivity index is 1.60. The summed E-state index contributed by atoms with van der Waals surface area (Å²) in [6, 6.07) is 24.3. The van der Waals surface area contributed by atoms with Crippen molar-refractivity contribution in [2.45, 2.75) is 46.4 Å². The second-order valence-corrected chi connectivity index (χ2v) is 10.9. The van der Waals surface area contributed by atoms with Crippen molar-refractivity contribution >= 4 is 23.4 Å². The zero-order valence-corrected chi connectivity index (χ0v) is 24.3. The van der Waals surface area contributed by atoms with E-state index in [0.29, 0.717) is 45.3 Å². The summed E-state index contributed by atoms with van der Waals surface area (Å²) in [5.74, 6) is 0.888. The van der Waals surface area contributed by atoms with Crippen LogP contribution in [0.3, 0.4) is 0 Å². The highest BCUT2D eigenvalue weighted by atomic mass is 32.1. The fourth-order valence-electron chi connectivity index (χ4n) is 4.70. The summed E-state index contributed by atoms with van der Waals surface area (Å²) in [4.78, 5) is 32.5. The van der Waals surface area contributed by atoms with Crippen LogP contribution in [-0.2, 0) is 16.1 Å². The monoisotopic (exact) mass is 568 g/mol. The largest absolute Gasteiger partial charge is 0.494 e. The number of carbonyl (C=O) groups is 1. The Bertz CT molecular complexity index is 1750. The molecule has 8 heteroatoms. The number of ether oxygens (including phenoxy) is 3. The van der Waals surface area contributed by atoms with E-state index in [0.717, 1.165) is 16.7 Å². The molecule has 1 aliphatic heterocycles. The Hall–Kier alpha value is -4.43. The van der Waals surface area contributed by atoms with Crippen LogP contribution < -0.4 is 24.4 Å². The fourth-order valence-corrected chi connectivity index (χ4v) is 5.73. The first-order valence-corrected chi connectivity index (χ1v) is 14.4. The molecule has 0 N–H and O–H groups in total. The zero-order valence-electron chi connectivity index (χ0n) is 23.5. The van der Waals surface area contributed by atoms with E-state index in [1.807, 2.05) is 91.9 Å². The van der Waals surface area contributed by atoms with Crippen molar-refractivity contribution in [3.05, 3.63) is 127 Å². The van der Waals surface area contributed by atoms with Gasteiger partial charge >= 0.3 is 5.97 Å². The summed E-state index contributed by atoms with van der Waals surface area (Å²) in [6.45, 7) is 8.24. The molecule has 7 nitrogen and oxygen atoms in total. The molecule has 0 amide bonds. The van der Waals surface area contributed by atoms with E-state index in [1.165, 1.54) is 11.3 Å². The van der Waals surface area contributed by atoms with Gasteiger partial charge in [-0.25, -0.2) is 9.79 Å². The Morgan fingerprint density at radius 2 is 1.71 bits per heavy atom. The van der Waals surface area contributed by atoms with Crippen molar-refractivity contribution in [3.63, 3.8) is 0 Å². The number of thiazole rings is 1. The highest BCUT2D eigenvalue weighted by molar-refractivity contribution is 7.07. The maximum Gasteiger partial charge on any atom is 0.338 e. The first-order valence-electron chi connectivity index (χ1n) is 13.6. The third-order valence-corrected chi connectivity index (χ3v) is 7.52. The molecule has 3 aromatic carbocycles. The van der Waals surface area contributed by atoms with E-state index in [9.17, 15) is 9.59 Å². The van der Waals surface area contributed by atoms with Crippen molar-refractivity contribution in [2.24, 2.45) is 4.99 Å². The van der Waals surface area contributed by atoms with E-state index in [1.54, 1.807) is 25.3 Å². The summed E-state index contributed by atoms with van der Waals surface area (Å²) in [5, 5.41) is 0. The highest BCUT2D eigenvalue weighted by Crippen LogP contribution is 2.32. The van der Waals surface area contributed by atoms with E-state index in [-0.39, 0.29) is 11.7 Å². The van der Waals surface area contributed by atoms with Crippen LogP contribution in [0.4, 0.5) is 0 Å². The second-order valence-electron chi connectivity index (χ2n) is 9.85. The molecule has 1 aromatic heterocycles. The number of rotatable bonds is 9. The molecule has 5 rings (SSSR count). The molecule has 0 bridgehead atoms. The minimum Gasteiger partial charge on any atom is -0.494 e. The number of esters is 1. The number of benzene rings is 3. The van der Waals surface area contributed by atoms with Crippen LogP contribution in [0.2, 0.25) is 0 Å². The number of fused-ring (bicyclic) bond motifs is 1. The first kappa shape index (κ1) is 28.1. The van der Waals surface area contributed by atoms with Gasteiger partial charge in [0.15, 0.2) is 4.80 Å². The first-order chi connectivity index (χ1) is 19.9. The number of nitrogens with zero attached hydrogens (tertiary/aromatic N) is 2. The Labute approximate surface area is 242 Å². The molecule has 0 fully saturated rings. The van der Waals surface area contributed by atoms with Crippen molar-refractivity contribution in [1.29, 1.82) is 0 Å². The zero-order chi connectivity index (χ0) is 28.9. The SMILES string of the molecule is CCOc1ccc([C@H]2C(C(=O)OC(C)C)=C(C)N=c3s/c(=C/c4ccccc4OCc4ccccc4)c(=O)n32)cc1. The Morgan fingerprint density at radius 3 is 2.41 bits per heavy atom. The van der Waals surface area contributed by atoms with Gasteiger partial charge in [0, 0.05) is 5.56 Å². The number of hydrogen-bond acceptors (Lipinski definition) is 7. The second kappa shape index (κ2) is 12.4. The Kier molecular flexibility index (Phi) is 8.50. The minimum absolute atomic E-state index is 0.243. The summed E-state index contributed by atoms with van der Waals surface area (Å²) in [6.07, 6.45) is 1.51. The van der Waals surface area contributed by atoms with Gasteiger partial charge < -0.3 is 14.2 Å². The molecule has 41 heavy (non-hydrogen) atoms. The summed E-state index contributed by atoms with van der Waals surface area (Å²) in [5.41, 5.74) is 3.21. The predicted octanol–water partition coefficient (Wildman–Crippen LogP) is 5.16. The van der Waals surface area contributed by atoms with Gasteiger partial charge in [-0.2, -0.15) is 0 Å². The van der Waals surface area contributed by atoms with Crippen LogP contribution in [0.15, 0.2) is 99.9 Å². The average molecular weight is 569 g/mol. The molecular weight excluding hydrogens is 536 g/mol. The molecule has 0 spiro atoms. The third kappa shape index (κ3) is 6.18. The molecular formula is C33H32N2O5S. The lowest BCUT2D eigenvalue weighted by Crippen LogP contribution is -2.40. The topological polar surface area (TPSA) is 79.1 Å². The summed E-state index contributed by atoms with van der Waals surface area (Å²) in [7, 11) is 0. The number of carbonyl (C=O) groups excluding carboxylic acids is 1. The average Bonchev–Trinajstić information content (AvgIpc) is 3.26. The molecule has 0 unspecified atom stereocenters. The van der Waals surface area contributed by atoms with Crippen LogP contribution in [-0.4, -0.2) is 23.2 Å². The Morgan fingerprint density at radius 1 is 1.00 bits per heavy atom. The molecule has 210 valence electrons. The van der Waals surface area contributed by atoms with Crippen molar-refractivity contribution in [3.8, 4) is 11.5 Å².